The van der Waals surface area contributed by atoms with E-state index in [0.717, 1.165) is 28.9 Å². The third-order valence-electron chi connectivity index (χ3n) is 6.94. The molecule has 0 aliphatic heterocycles. The summed E-state index contributed by atoms with van der Waals surface area (Å²) in [5.41, 5.74) is 3.37. The zero-order chi connectivity index (χ0) is 30.4. The molecule has 0 saturated carbocycles. The number of amides is 2. The van der Waals surface area contributed by atoms with Crippen LogP contribution in [0.3, 0.4) is 0 Å². The van der Waals surface area contributed by atoms with E-state index in [0.29, 0.717) is 18.5 Å². The van der Waals surface area contributed by atoms with Crippen molar-refractivity contribution in [3.8, 4) is 16.9 Å². The maximum Gasteiger partial charge on any atom is 0.305 e. The smallest absolute Gasteiger partial charge is 0.305 e. The van der Waals surface area contributed by atoms with Gasteiger partial charge in [-0.3, -0.25) is 14.4 Å². The Kier molecular flexibility index (Phi) is 11.2. The summed E-state index contributed by atoms with van der Waals surface area (Å²) in [6, 6.07) is 27.5. The second-order valence-electron chi connectivity index (χ2n) is 10.2. The molecule has 1 heterocycles. The Morgan fingerprint density at radius 1 is 0.767 bits per heavy atom. The fourth-order valence-corrected chi connectivity index (χ4v) is 4.68. The minimum Gasteiger partial charge on any atom is -0.508 e. The Morgan fingerprint density at radius 3 is 2.14 bits per heavy atom. The van der Waals surface area contributed by atoms with Crippen LogP contribution < -0.4 is 16.0 Å². The number of phenolic OH excluding ortho intramolecular Hbond substituents is 1. The van der Waals surface area contributed by atoms with Crippen LogP contribution in [0.15, 0.2) is 103 Å². The molecule has 0 aliphatic carbocycles. The van der Waals surface area contributed by atoms with Gasteiger partial charge in [0.15, 0.2) is 0 Å². The summed E-state index contributed by atoms with van der Waals surface area (Å²) in [6.07, 6.45) is 3.12. The summed E-state index contributed by atoms with van der Waals surface area (Å²) in [7, 11) is 0. The number of carboxylic acids is 1. The molecule has 0 spiro atoms. The van der Waals surface area contributed by atoms with E-state index >= 15 is 0 Å². The number of benzene rings is 3. The van der Waals surface area contributed by atoms with Crippen molar-refractivity contribution in [2.45, 2.75) is 44.2 Å². The first-order valence-corrected chi connectivity index (χ1v) is 14.3. The van der Waals surface area contributed by atoms with Crippen molar-refractivity contribution in [1.82, 2.24) is 15.6 Å². The topological polar surface area (TPSA) is 141 Å². The molecule has 0 saturated heterocycles. The van der Waals surface area contributed by atoms with Gasteiger partial charge in [0, 0.05) is 25.6 Å². The minimum absolute atomic E-state index is 0.0913. The highest BCUT2D eigenvalue weighted by Crippen LogP contribution is 2.24. The van der Waals surface area contributed by atoms with Gasteiger partial charge in [0.1, 0.15) is 17.6 Å². The Hall–Kier alpha value is -5.18. The Balaban J connectivity index is 1.41. The quantitative estimate of drug-likeness (QED) is 0.123. The van der Waals surface area contributed by atoms with E-state index in [1.807, 2.05) is 72.8 Å². The van der Waals surface area contributed by atoms with Crippen LogP contribution in [-0.2, 0) is 20.8 Å². The maximum absolute atomic E-state index is 13.6. The summed E-state index contributed by atoms with van der Waals surface area (Å²) in [6.45, 7) is 0.654. The van der Waals surface area contributed by atoms with E-state index in [1.54, 1.807) is 18.3 Å². The van der Waals surface area contributed by atoms with Gasteiger partial charge in [0.2, 0.25) is 11.8 Å². The van der Waals surface area contributed by atoms with E-state index in [2.05, 4.69) is 20.9 Å². The molecule has 1 unspecified atom stereocenters. The molecule has 0 aliphatic rings. The number of unbranched alkanes of at least 4 members (excludes halogenated alkanes) is 1. The van der Waals surface area contributed by atoms with Crippen LogP contribution >= 0.6 is 0 Å². The van der Waals surface area contributed by atoms with Crippen LogP contribution in [0.25, 0.3) is 11.1 Å². The normalized spacial score (nSPS) is 12.1. The molecule has 0 fully saturated rings. The predicted molar refractivity (Wildman–Crippen MR) is 165 cm³/mol. The number of carbonyl (C=O) groups excluding carboxylic acids is 2. The van der Waals surface area contributed by atoms with E-state index in [1.165, 1.54) is 12.1 Å². The number of phenols is 1. The first-order valence-electron chi connectivity index (χ1n) is 14.3. The molecule has 2 atom stereocenters. The Bertz CT molecular complexity index is 1460. The van der Waals surface area contributed by atoms with Crippen molar-refractivity contribution < 1.29 is 24.6 Å². The number of pyridine rings is 1. The van der Waals surface area contributed by atoms with Crippen molar-refractivity contribution in [3.05, 3.63) is 114 Å². The van der Waals surface area contributed by atoms with Crippen LogP contribution in [-0.4, -0.2) is 45.6 Å². The highest BCUT2D eigenvalue weighted by Gasteiger charge is 2.26. The molecular weight excluding hydrogens is 544 g/mol. The SMILES string of the molecule is O=C(O)CC(NC(=O)[C@H](Cc1ccc(O)cc1)NC(=O)CCCCNc1ccccn1)c1ccc(-c2ccccc2)cc1. The number of aliphatic carboxylic acids is 1. The minimum atomic E-state index is -1.06. The molecule has 9 nitrogen and oxygen atoms in total. The number of carboxylic acid groups (broad SMARTS) is 1. The number of nitrogens with one attached hydrogen (secondary N) is 3. The standard InChI is InChI=1S/C34H36N4O5/c39-28-18-12-24(13-19-28)22-30(37-32(40)11-5-7-21-36-31-10-4-6-20-35-31)34(43)38-29(23-33(41)42)27-16-14-26(15-17-27)25-8-2-1-3-9-25/h1-4,6,8-10,12-20,29-30,39H,5,7,11,21-23H2,(H,35,36)(H,37,40)(H,38,43)(H,41,42)/t29?,30-/m0/s1. The number of carbonyl (C=O) groups is 3. The van der Waals surface area contributed by atoms with Crippen LogP contribution in [0.2, 0.25) is 0 Å². The molecule has 4 aromatic rings. The molecule has 0 bridgehead atoms. The molecule has 1 aromatic heterocycles. The van der Waals surface area contributed by atoms with Gasteiger partial charge in [-0.1, -0.05) is 72.8 Å². The number of rotatable bonds is 15. The van der Waals surface area contributed by atoms with Gasteiger partial charge in [-0.2, -0.15) is 0 Å². The second-order valence-corrected chi connectivity index (χ2v) is 10.2. The number of aromatic hydroxyl groups is 1. The zero-order valence-electron chi connectivity index (χ0n) is 23.8. The summed E-state index contributed by atoms with van der Waals surface area (Å²) >= 11 is 0. The van der Waals surface area contributed by atoms with Crippen LogP contribution in [0.5, 0.6) is 5.75 Å². The largest absolute Gasteiger partial charge is 0.508 e. The Morgan fingerprint density at radius 2 is 1.47 bits per heavy atom. The van der Waals surface area contributed by atoms with Gasteiger partial charge < -0.3 is 26.2 Å². The molecule has 43 heavy (non-hydrogen) atoms. The molecule has 2 amide bonds. The lowest BCUT2D eigenvalue weighted by Crippen LogP contribution is -2.49. The molecule has 9 heteroatoms. The van der Waals surface area contributed by atoms with Gasteiger partial charge in [0.05, 0.1) is 12.5 Å². The summed E-state index contributed by atoms with van der Waals surface area (Å²) in [5.74, 6) is -0.969. The average Bonchev–Trinajstić information content (AvgIpc) is 3.02. The lowest BCUT2D eigenvalue weighted by molar-refractivity contribution is -0.138. The van der Waals surface area contributed by atoms with E-state index in [4.69, 9.17) is 0 Å². The zero-order valence-corrected chi connectivity index (χ0v) is 23.8. The fourth-order valence-electron chi connectivity index (χ4n) is 4.68. The fraction of sp³-hybridized carbons (Fsp3) is 0.235. The van der Waals surface area contributed by atoms with E-state index in [-0.39, 0.29) is 30.9 Å². The number of anilines is 1. The number of hydrogen-bond donors (Lipinski definition) is 5. The van der Waals surface area contributed by atoms with Crippen molar-refractivity contribution >= 4 is 23.6 Å². The first kappa shape index (κ1) is 30.8. The Labute approximate surface area is 251 Å². The second kappa shape index (κ2) is 15.7. The predicted octanol–water partition coefficient (Wildman–Crippen LogP) is 5.10. The molecule has 5 N–H and O–H groups in total. The number of nitrogens with zero attached hydrogens (tertiary/aromatic N) is 1. The highest BCUT2D eigenvalue weighted by atomic mass is 16.4. The van der Waals surface area contributed by atoms with Gasteiger partial charge >= 0.3 is 5.97 Å². The van der Waals surface area contributed by atoms with Crippen molar-refractivity contribution in [2.24, 2.45) is 0 Å². The van der Waals surface area contributed by atoms with Gasteiger partial charge in [-0.05, 0) is 59.4 Å². The monoisotopic (exact) mass is 580 g/mol. The van der Waals surface area contributed by atoms with Crippen LogP contribution in [0.4, 0.5) is 5.82 Å². The third-order valence-corrected chi connectivity index (χ3v) is 6.94. The number of hydrogen-bond acceptors (Lipinski definition) is 6. The molecular formula is C34H36N4O5. The van der Waals surface area contributed by atoms with Crippen molar-refractivity contribution in [3.63, 3.8) is 0 Å². The van der Waals surface area contributed by atoms with Gasteiger partial charge in [-0.25, -0.2) is 4.98 Å². The van der Waals surface area contributed by atoms with Crippen molar-refractivity contribution in [1.29, 1.82) is 0 Å². The number of aromatic nitrogens is 1. The van der Waals surface area contributed by atoms with Gasteiger partial charge in [0.25, 0.3) is 0 Å². The van der Waals surface area contributed by atoms with E-state index < -0.39 is 24.0 Å². The summed E-state index contributed by atoms with van der Waals surface area (Å²) < 4.78 is 0. The molecule has 4 rings (SSSR count). The lowest BCUT2D eigenvalue weighted by Gasteiger charge is -2.23. The van der Waals surface area contributed by atoms with Crippen LogP contribution in [0.1, 0.15) is 42.9 Å². The maximum atomic E-state index is 13.6. The van der Waals surface area contributed by atoms with E-state index in [9.17, 15) is 24.6 Å². The first-order chi connectivity index (χ1) is 20.9. The average molecular weight is 581 g/mol. The molecule has 3 aromatic carbocycles. The summed E-state index contributed by atoms with van der Waals surface area (Å²) in [5, 5.41) is 28.2. The van der Waals surface area contributed by atoms with Crippen molar-refractivity contribution in [2.75, 3.05) is 11.9 Å². The molecule has 222 valence electrons. The third kappa shape index (κ3) is 10.00. The lowest BCUT2D eigenvalue weighted by atomic mass is 9.98. The van der Waals surface area contributed by atoms with Crippen LogP contribution in [0, 0.1) is 0 Å². The molecule has 0 radical (unpaired) electrons. The highest BCUT2D eigenvalue weighted by molar-refractivity contribution is 5.88. The van der Waals surface area contributed by atoms with Gasteiger partial charge in [-0.15, -0.1) is 0 Å². The summed E-state index contributed by atoms with van der Waals surface area (Å²) in [4.78, 5) is 42.4.